The van der Waals surface area contributed by atoms with Gasteiger partial charge in [0.25, 0.3) is 0 Å². The highest BCUT2D eigenvalue weighted by atomic mass is 15.3. The average molecular weight is 285 g/mol. The number of hydrogen-bond acceptors (Lipinski definition) is 2. The van der Waals surface area contributed by atoms with Crippen molar-refractivity contribution >= 4 is 5.65 Å². The largest absolute Gasteiger partial charge is 0.235 e. The second-order valence-corrected chi connectivity index (χ2v) is 5.37. The second-order valence-electron chi connectivity index (χ2n) is 5.37. The Bertz CT molecular complexity index is 939. The molecule has 0 atom stereocenters. The van der Waals surface area contributed by atoms with Gasteiger partial charge in [-0.15, -0.1) is 0 Å². The molecule has 0 unspecified atom stereocenters. The first-order valence-corrected chi connectivity index (χ1v) is 7.28. The van der Waals surface area contributed by atoms with Crippen molar-refractivity contribution in [2.75, 3.05) is 0 Å². The summed E-state index contributed by atoms with van der Waals surface area (Å²) in [5, 5.41) is 4.78. The summed E-state index contributed by atoms with van der Waals surface area (Å²) in [6, 6.07) is 22.6. The van der Waals surface area contributed by atoms with Gasteiger partial charge in [-0.2, -0.15) is 5.10 Å². The van der Waals surface area contributed by atoms with Crippen molar-refractivity contribution < 1.29 is 0 Å². The normalized spacial score (nSPS) is 11.0. The number of hydrogen-bond donors (Lipinski definition) is 0. The summed E-state index contributed by atoms with van der Waals surface area (Å²) in [4.78, 5) is 4.45. The summed E-state index contributed by atoms with van der Waals surface area (Å²) in [5.74, 6) is 0. The second kappa shape index (κ2) is 5.11. The van der Waals surface area contributed by atoms with Gasteiger partial charge in [0.05, 0.1) is 17.6 Å². The highest BCUT2D eigenvalue weighted by molar-refractivity contribution is 5.66. The molecule has 0 N–H and O–H groups in total. The number of benzene rings is 2. The van der Waals surface area contributed by atoms with Crippen molar-refractivity contribution in [3.63, 3.8) is 0 Å². The van der Waals surface area contributed by atoms with Crippen molar-refractivity contribution in [2.45, 2.75) is 6.92 Å². The van der Waals surface area contributed by atoms with Crippen LogP contribution in [0, 0.1) is 6.92 Å². The Morgan fingerprint density at radius 3 is 2.45 bits per heavy atom. The Morgan fingerprint density at radius 1 is 0.818 bits per heavy atom. The van der Waals surface area contributed by atoms with Crippen LogP contribution in [-0.4, -0.2) is 14.6 Å². The van der Waals surface area contributed by atoms with Gasteiger partial charge in [0.2, 0.25) is 0 Å². The zero-order chi connectivity index (χ0) is 14.9. The van der Waals surface area contributed by atoms with Crippen LogP contribution in [-0.2, 0) is 0 Å². The third kappa shape index (κ3) is 2.17. The molecule has 0 aliphatic heterocycles. The number of imidazole rings is 1. The molecule has 0 bridgehead atoms. The molecular weight excluding hydrogens is 270 g/mol. The number of nitrogens with zero attached hydrogens (tertiary/aromatic N) is 3. The third-order valence-electron chi connectivity index (χ3n) is 3.75. The fourth-order valence-corrected chi connectivity index (χ4v) is 2.64. The topological polar surface area (TPSA) is 30.2 Å². The molecule has 0 radical (unpaired) electrons. The number of fused-ring (bicyclic) bond motifs is 1. The van der Waals surface area contributed by atoms with E-state index in [0.717, 1.165) is 28.2 Å². The lowest BCUT2D eigenvalue weighted by atomic mass is 10.1. The van der Waals surface area contributed by atoms with E-state index in [1.165, 1.54) is 5.56 Å². The zero-order valence-corrected chi connectivity index (χ0v) is 12.3. The maximum absolute atomic E-state index is 4.78. The van der Waals surface area contributed by atoms with Crippen LogP contribution in [0.1, 0.15) is 5.56 Å². The monoisotopic (exact) mass is 285 g/mol. The lowest BCUT2D eigenvalue weighted by Crippen LogP contribution is -1.96. The van der Waals surface area contributed by atoms with E-state index in [1.807, 2.05) is 41.0 Å². The van der Waals surface area contributed by atoms with Crippen LogP contribution in [0.15, 0.2) is 72.9 Å². The Balaban J connectivity index is 1.90. The molecule has 0 saturated heterocycles. The molecule has 0 saturated carbocycles. The van der Waals surface area contributed by atoms with E-state index in [-0.39, 0.29) is 0 Å². The van der Waals surface area contributed by atoms with Crippen LogP contribution in [0.3, 0.4) is 0 Å². The molecule has 2 heterocycles. The molecule has 0 spiro atoms. The molecular formula is C19H15N3. The fraction of sp³-hybridized carbons (Fsp3) is 0.0526. The van der Waals surface area contributed by atoms with Crippen molar-refractivity contribution in [1.29, 1.82) is 0 Å². The van der Waals surface area contributed by atoms with E-state index in [1.54, 1.807) is 0 Å². The molecule has 4 aromatic rings. The molecule has 0 amide bonds. The molecule has 2 aromatic heterocycles. The first-order valence-electron chi connectivity index (χ1n) is 7.28. The quantitative estimate of drug-likeness (QED) is 0.547. The van der Waals surface area contributed by atoms with Crippen LogP contribution in [0.25, 0.3) is 28.2 Å². The molecule has 0 aliphatic rings. The van der Waals surface area contributed by atoms with E-state index in [0.29, 0.717) is 0 Å². The molecule has 106 valence electrons. The number of aromatic nitrogens is 3. The first kappa shape index (κ1) is 12.8. The van der Waals surface area contributed by atoms with Gasteiger partial charge in [-0.3, -0.25) is 0 Å². The molecule has 2 aromatic carbocycles. The summed E-state index contributed by atoms with van der Waals surface area (Å²) in [6.45, 7) is 2.09. The highest BCUT2D eigenvalue weighted by Crippen LogP contribution is 2.23. The molecule has 3 nitrogen and oxygen atoms in total. The SMILES string of the molecule is Cc1cccc(-c2ccc3ncc(-c4ccccc4)n3n2)c1. The van der Waals surface area contributed by atoms with Crippen LogP contribution < -0.4 is 0 Å². The van der Waals surface area contributed by atoms with Crippen LogP contribution in [0.2, 0.25) is 0 Å². The van der Waals surface area contributed by atoms with Gasteiger partial charge in [-0.25, -0.2) is 9.50 Å². The zero-order valence-electron chi connectivity index (χ0n) is 12.3. The Labute approximate surface area is 128 Å². The highest BCUT2D eigenvalue weighted by Gasteiger charge is 2.08. The van der Waals surface area contributed by atoms with Gasteiger partial charge >= 0.3 is 0 Å². The van der Waals surface area contributed by atoms with Gasteiger partial charge in [0.1, 0.15) is 0 Å². The van der Waals surface area contributed by atoms with Crippen molar-refractivity contribution in [3.8, 4) is 22.5 Å². The maximum Gasteiger partial charge on any atom is 0.154 e. The van der Waals surface area contributed by atoms with Gasteiger partial charge in [0, 0.05) is 11.1 Å². The lowest BCUT2D eigenvalue weighted by Gasteiger charge is -2.05. The van der Waals surface area contributed by atoms with Gasteiger partial charge in [0.15, 0.2) is 5.65 Å². The van der Waals surface area contributed by atoms with Crippen LogP contribution in [0.5, 0.6) is 0 Å². The van der Waals surface area contributed by atoms with Crippen molar-refractivity contribution in [2.24, 2.45) is 0 Å². The molecule has 0 fully saturated rings. The third-order valence-corrected chi connectivity index (χ3v) is 3.75. The summed E-state index contributed by atoms with van der Waals surface area (Å²) in [5.41, 5.74) is 6.28. The van der Waals surface area contributed by atoms with E-state index in [2.05, 4.69) is 48.3 Å². The van der Waals surface area contributed by atoms with Gasteiger partial charge in [-0.1, -0.05) is 54.1 Å². The van der Waals surface area contributed by atoms with E-state index in [9.17, 15) is 0 Å². The fourth-order valence-electron chi connectivity index (χ4n) is 2.64. The molecule has 22 heavy (non-hydrogen) atoms. The predicted molar refractivity (Wildman–Crippen MR) is 88.6 cm³/mol. The summed E-state index contributed by atoms with van der Waals surface area (Å²) >= 11 is 0. The Kier molecular flexibility index (Phi) is 2.97. The number of aryl methyl sites for hydroxylation is 1. The standard InChI is InChI=1S/C19H15N3/c1-14-6-5-9-16(12-14)17-10-11-19-20-13-18(22(19)21-17)15-7-3-2-4-8-15/h2-13H,1H3. The van der Waals surface area contributed by atoms with Crippen molar-refractivity contribution in [1.82, 2.24) is 14.6 Å². The smallest absolute Gasteiger partial charge is 0.154 e. The van der Waals surface area contributed by atoms with Crippen LogP contribution >= 0.6 is 0 Å². The minimum atomic E-state index is 0.857. The Hall–Kier alpha value is -2.94. The van der Waals surface area contributed by atoms with Crippen LogP contribution in [0.4, 0.5) is 0 Å². The maximum atomic E-state index is 4.78. The van der Waals surface area contributed by atoms with Gasteiger partial charge < -0.3 is 0 Å². The minimum absolute atomic E-state index is 0.857. The summed E-state index contributed by atoms with van der Waals surface area (Å²) < 4.78 is 1.91. The molecule has 4 rings (SSSR count). The van der Waals surface area contributed by atoms with E-state index < -0.39 is 0 Å². The lowest BCUT2D eigenvalue weighted by molar-refractivity contribution is 0.949. The summed E-state index contributed by atoms with van der Waals surface area (Å²) in [6.07, 6.45) is 1.87. The van der Waals surface area contributed by atoms with E-state index >= 15 is 0 Å². The molecule has 3 heteroatoms. The predicted octanol–water partition coefficient (Wildman–Crippen LogP) is 4.37. The average Bonchev–Trinajstić information content (AvgIpc) is 2.99. The van der Waals surface area contributed by atoms with E-state index in [4.69, 9.17) is 5.10 Å². The molecule has 0 aliphatic carbocycles. The summed E-state index contributed by atoms with van der Waals surface area (Å²) in [7, 11) is 0. The minimum Gasteiger partial charge on any atom is -0.235 e. The van der Waals surface area contributed by atoms with Gasteiger partial charge in [-0.05, 0) is 25.1 Å². The Morgan fingerprint density at radius 2 is 1.64 bits per heavy atom. The first-order chi connectivity index (χ1) is 10.8. The number of rotatable bonds is 2. The van der Waals surface area contributed by atoms with Crippen molar-refractivity contribution in [3.05, 3.63) is 78.5 Å².